The Hall–Kier alpha value is -0.410. The van der Waals surface area contributed by atoms with Crippen molar-refractivity contribution in [3.05, 3.63) is 0 Å². The molecule has 0 aromatic carbocycles. The Bertz CT molecular complexity index is 105. The van der Waals surface area contributed by atoms with Crippen LogP contribution in [0.3, 0.4) is 0 Å². The molecule has 1 atom stereocenters. The lowest BCUT2D eigenvalue weighted by atomic mass is 10.1. The van der Waals surface area contributed by atoms with Crippen LogP contribution in [0.25, 0.3) is 0 Å². The number of nitrogens with one attached hydrogen (secondary N) is 1. The molecule has 2 N–H and O–H groups in total. The highest BCUT2D eigenvalue weighted by molar-refractivity contribution is 5.48. The highest BCUT2D eigenvalue weighted by atomic mass is 16.3. The average Bonchev–Trinajstić information content (AvgIpc) is 2.02. The summed E-state index contributed by atoms with van der Waals surface area (Å²) in [5.74, 6) is 0. The Balaban J connectivity index is 2.86. The zero-order chi connectivity index (χ0) is 9.23. The third-order valence-electron chi connectivity index (χ3n) is 1.69. The topological polar surface area (TPSA) is 49.3 Å². The summed E-state index contributed by atoms with van der Waals surface area (Å²) in [5.41, 5.74) is 0. The summed E-state index contributed by atoms with van der Waals surface area (Å²) < 4.78 is 0. The van der Waals surface area contributed by atoms with E-state index in [-0.39, 0.29) is 0 Å². The molecule has 0 saturated carbocycles. The quantitative estimate of drug-likeness (QED) is 0.328. The lowest BCUT2D eigenvalue weighted by Crippen LogP contribution is -2.26. The van der Waals surface area contributed by atoms with Gasteiger partial charge in [0.2, 0.25) is 0 Å². The summed E-state index contributed by atoms with van der Waals surface area (Å²) >= 11 is 0. The number of hydrogen-bond donors (Lipinski definition) is 2. The molecule has 0 spiro atoms. The van der Waals surface area contributed by atoms with E-state index in [1.54, 1.807) is 6.92 Å². The van der Waals surface area contributed by atoms with Crippen LogP contribution in [0, 0.1) is 0 Å². The summed E-state index contributed by atoms with van der Waals surface area (Å²) in [7, 11) is 0. The number of carbonyl (C=O) groups excluding carboxylic acids is 1. The van der Waals surface area contributed by atoms with Crippen molar-refractivity contribution < 1.29 is 9.90 Å². The van der Waals surface area contributed by atoms with E-state index in [1.807, 2.05) is 0 Å². The van der Waals surface area contributed by atoms with Crippen molar-refractivity contribution in [1.82, 2.24) is 5.32 Å². The molecule has 3 nitrogen and oxygen atoms in total. The van der Waals surface area contributed by atoms with Gasteiger partial charge in [-0.25, -0.2) is 0 Å². The normalized spacial score (nSPS) is 12.8. The molecule has 0 aliphatic rings. The maximum Gasteiger partial charge on any atom is 0.119 e. The maximum atomic E-state index is 9.94. The molecule has 1 unspecified atom stereocenters. The zero-order valence-electron chi connectivity index (χ0n) is 7.75. The van der Waals surface area contributed by atoms with Gasteiger partial charge in [0.05, 0.1) is 0 Å². The van der Waals surface area contributed by atoms with Crippen molar-refractivity contribution in [2.24, 2.45) is 0 Å². The molecule has 0 aromatic heterocycles. The third kappa shape index (κ3) is 9.59. The molecule has 0 bridgehead atoms. The molecular weight excluding hydrogens is 154 g/mol. The fourth-order valence-corrected chi connectivity index (χ4v) is 1.02. The Labute approximate surface area is 74.2 Å². The van der Waals surface area contributed by atoms with Gasteiger partial charge in [0.25, 0.3) is 0 Å². The maximum absolute atomic E-state index is 9.94. The Morgan fingerprint density at radius 2 is 2.00 bits per heavy atom. The molecule has 0 fully saturated rings. The molecule has 0 rings (SSSR count). The number of carbonyl (C=O) groups is 1. The van der Waals surface area contributed by atoms with Crippen LogP contribution >= 0.6 is 0 Å². The van der Waals surface area contributed by atoms with E-state index in [1.165, 1.54) is 0 Å². The Morgan fingerprint density at radius 1 is 1.33 bits per heavy atom. The molecule has 0 aliphatic heterocycles. The van der Waals surface area contributed by atoms with Crippen LogP contribution in [0.1, 0.15) is 39.0 Å². The third-order valence-corrected chi connectivity index (χ3v) is 1.69. The van der Waals surface area contributed by atoms with E-state index in [2.05, 4.69) is 5.32 Å². The van der Waals surface area contributed by atoms with Gasteiger partial charge in [-0.05, 0) is 26.3 Å². The molecule has 12 heavy (non-hydrogen) atoms. The highest BCUT2D eigenvalue weighted by Crippen LogP contribution is 2.00. The van der Waals surface area contributed by atoms with Crippen molar-refractivity contribution in [1.29, 1.82) is 0 Å². The fourth-order valence-electron chi connectivity index (χ4n) is 1.02. The van der Waals surface area contributed by atoms with Gasteiger partial charge < -0.3 is 9.90 Å². The van der Waals surface area contributed by atoms with Gasteiger partial charge >= 0.3 is 0 Å². The largest absolute Gasteiger partial charge is 0.379 e. The number of unbranched alkanes of at least 4 members (excludes halogenated alkanes) is 4. The van der Waals surface area contributed by atoms with E-state index < -0.39 is 6.23 Å². The molecule has 72 valence electrons. The summed E-state index contributed by atoms with van der Waals surface area (Å²) in [6.07, 6.45) is 5.56. The standard InChI is InChI=1S/C9H19NO2/c1-9(12)10-7-5-3-2-4-6-8-11/h8-10,12H,2-7H2,1H3. The van der Waals surface area contributed by atoms with E-state index in [0.29, 0.717) is 6.42 Å². The fraction of sp³-hybridized carbons (Fsp3) is 0.889. The van der Waals surface area contributed by atoms with Gasteiger partial charge in [-0.15, -0.1) is 0 Å². The summed E-state index contributed by atoms with van der Waals surface area (Å²) in [6, 6.07) is 0. The predicted octanol–water partition coefficient (Wildman–Crippen LogP) is 1.06. The van der Waals surface area contributed by atoms with Gasteiger partial charge in [0.1, 0.15) is 12.5 Å². The number of hydrogen-bond acceptors (Lipinski definition) is 3. The molecule has 0 radical (unpaired) electrons. The molecule has 0 aliphatic carbocycles. The Kier molecular flexibility index (Phi) is 8.39. The number of aliphatic hydroxyl groups excluding tert-OH is 1. The summed E-state index contributed by atoms with van der Waals surface area (Å²) in [5, 5.41) is 11.8. The SMILES string of the molecule is CC(O)NCCCCCCC=O. The first-order valence-corrected chi connectivity index (χ1v) is 4.62. The number of rotatable bonds is 8. The second-order valence-electron chi connectivity index (χ2n) is 3.00. The van der Waals surface area contributed by atoms with Crippen LogP contribution in [-0.2, 0) is 4.79 Å². The van der Waals surface area contributed by atoms with Crippen molar-refractivity contribution in [2.75, 3.05) is 6.54 Å². The van der Waals surface area contributed by atoms with Crippen LogP contribution < -0.4 is 5.32 Å². The average molecular weight is 173 g/mol. The number of aldehydes is 1. The molecule has 3 heteroatoms. The zero-order valence-corrected chi connectivity index (χ0v) is 7.75. The Morgan fingerprint density at radius 3 is 2.58 bits per heavy atom. The molecule has 0 heterocycles. The van der Waals surface area contributed by atoms with E-state index in [4.69, 9.17) is 5.11 Å². The second kappa shape index (κ2) is 8.68. The van der Waals surface area contributed by atoms with Crippen LogP contribution in [-0.4, -0.2) is 24.2 Å². The van der Waals surface area contributed by atoms with Crippen LogP contribution in [0.4, 0.5) is 0 Å². The van der Waals surface area contributed by atoms with E-state index in [0.717, 1.165) is 38.5 Å². The lowest BCUT2D eigenvalue weighted by Gasteiger charge is -2.05. The van der Waals surface area contributed by atoms with Crippen LogP contribution in [0.5, 0.6) is 0 Å². The first-order valence-electron chi connectivity index (χ1n) is 4.62. The first-order chi connectivity index (χ1) is 5.77. The predicted molar refractivity (Wildman–Crippen MR) is 48.8 cm³/mol. The van der Waals surface area contributed by atoms with Crippen molar-refractivity contribution in [3.63, 3.8) is 0 Å². The first kappa shape index (κ1) is 11.6. The van der Waals surface area contributed by atoms with Crippen LogP contribution in [0.2, 0.25) is 0 Å². The summed E-state index contributed by atoms with van der Waals surface area (Å²) in [4.78, 5) is 9.94. The van der Waals surface area contributed by atoms with Gasteiger partial charge in [0.15, 0.2) is 0 Å². The monoisotopic (exact) mass is 173 g/mol. The second-order valence-corrected chi connectivity index (χ2v) is 3.00. The van der Waals surface area contributed by atoms with Crippen molar-refractivity contribution >= 4 is 6.29 Å². The molecule has 0 amide bonds. The minimum Gasteiger partial charge on any atom is -0.379 e. The van der Waals surface area contributed by atoms with Crippen molar-refractivity contribution in [3.8, 4) is 0 Å². The van der Waals surface area contributed by atoms with E-state index in [9.17, 15) is 4.79 Å². The molecule has 0 aromatic rings. The smallest absolute Gasteiger partial charge is 0.119 e. The molecule has 0 saturated heterocycles. The van der Waals surface area contributed by atoms with Gasteiger partial charge in [-0.3, -0.25) is 5.32 Å². The number of aliphatic hydroxyl groups is 1. The van der Waals surface area contributed by atoms with Gasteiger partial charge in [-0.1, -0.05) is 12.8 Å². The highest BCUT2D eigenvalue weighted by Gasteiger charge is 1.92. The van der Waals surface area contributed by atoms with Crippen LogP contribution in [0.15, 0.2) is 0 Å². The summed E-state index contributed by atoms with van der Waals surface area (Å²) in [6.45, 7) is 2.57. The minimum absolute atomic E-state index is 0.403. The van der Waals surface area contributed by atoms with Crippen molar-refractivity contribution in [2.45, 2.75) is 45.3 Å². The van der Waals surface area contributed by atoms with Gasteiger partial charge in [-0.2, -0.15) is 0 Å². The minimum atomic E-state index is -0.403. The lowest BCUT2D eigenvalue weighted by molar-refractivity contribution is -0.107. The van der Waals surface area contributed by atoms with E-state index >= 15 is 0 Å². The van der Waals surface area contributed by atoms with Gasteiger partial charge in [0, 0.05) is 6.42 Å². The molecular formula is C9H19NO2.